The monoisotopic (exact) mass is 355 g/mol. The average molecular weight is 357 g/mol. The van der Waals surface area contributed by atoms with Gasteiger partial charge in [-0.1, -0.05) is 11.6 Å². The minimum Gasteiger partial charge on any atom is -0.310 e. The summed E-state index contributed by atoms with van der Waals surface area (Å²) in [6, 6.07) is 4.74. The van der Waals surface area contributed by atoms with Crippen molar-refractivity contribution in [3.63, 3.8) is 0 Å². The van der Waals surface area contributed by atoms with E-state index in [4.69, 9.17) is 11.6 Å². The number of hydrogen-bond donors (Lipinski definition) is 0. The maximum atomic E-state index is 12.9. The fourth-order valence-corrected chi connectivity index (χ4v) is 3.36. The average Bonchev–Trinajstić information content (AvgIpc) is 2.60. The summed E-state index contributed by atoms with van der Waals surface area (Å²) in [5, 5.41) is -0.820. The van der Waals surface area contributed by atoms with Gasteiger partial charge in [-0.15, -0.1) is 3.89 Å². The summed E-state index contributed by atoms with van der Waals surface area (Å²) in [5.41, 5.74) is 0.482. The Morgan fingerprint density at radius 3 is 2.61 bits per heavy atom. The second-order valence-corrected chi connectivity index (χ2v) is 6.81. The van der Waals surface area contributed by atoms with Crippen LogP contribution < -0.4 is 4.90 Å². The summed E-state index contributed by atoms with van der Waals surface area (Å²) in [5.74, 6) is -0.427. The molecule has 0 spiro atoms. The molecule has 1 unspecified atom stereocenters. The van der Waals surface area contributed by atoms with E-state index in [1.807, 2.05) is 0 Å². The molecule has 0 saturated carbocycles. The first-order chi connectivity index (χ1) is 8.29. The smallest absolute Gasteiger partial charge is 0.307 e. The highest BCUT2D eigenvalue weighted by Crippen LogP contribution is 2.33. The van der Waals surface area contributed by atoms with E-state index in [1.165, 1.54) is 4.90 Å². The maximum absolute atomic E-state index is 12.9. The van der Waals surface area contributed by atoms with Crippen LogP contribution in [0.1, 0.15) is 6.42 Å². The molecule has 1 saturated heterocycles. The predicted octanol–water partition coefficient (Wildman–Crippen LogP) is 2.51. The number of nitrogens with zero attached hydrogens (tertiary/aromatic N) is 1. The number of carbonyl (C=O) groups excluding carboxylic acids is 1. The lowest BCUT2D eigenvalue weighted by Crippen LogP contribution is -2.27. The number of benzene rings is 1. The molecule has 0 N–H and O–H groups in total. The fraction of sp³-hybridized carbons (Fsp3) is 0.300. The van der Waals surface area contributed by atoms with Crippen LogP contribution in [0.5, 0.6) is 0 Å². The van der Waals surface area contributed by atoms with E-state index >= 15 is 0 Å². The number of hydrogen-bond acceptors (Lipinski definition) is 3. The van der Waals surface area contributed by atoms with Crippen LogP contribution in [0.3, 0.4) is 0 Å². The van der Waals surface area contributed by atoms with Gasteiger partial charge in [-0.05, 0) is 34.1 Å². The zero-order valence-electron chi connectivity index (χ0n) is 8.94. The predicted molar refractivity (Wildman–Crippen MR) is 69.9 cm³/mol. The van der Waals surface area contributed by atoms with Gasteiger partial charge in [0.25, 0.3) is 0 Å². The fourth-order valence-electron chi connectivity index (χ4n) is 1.80. The molecule has 1 atom stereocenters. The molecule has 0 radical (unpaired) electrons. The molecule has 1 aliphatic rings. The third-order valence-electron chi connectivity index (χ3n) is 2.69. The van der Waals surface area contributed by atoms with E-state index in [0.29, 0.717) is 15.2 Å². The van der Waals surface area contributed by atoms with Gasteiger partial charge in [0.2, 0.25) is 5.91 Å². The first kappa shape index (κ1) is 13.8. The molecule has 2 rings (SSSR count). The van der Waals surface area contributed by atoms with Crippen molar-refractivity contribution < 1.29 is 17.1 Å². The van der Waals surface area contributed by atoms with Crippen LogP contribution in [-0.2, 0) is 15.0 Å². The third-order valence-corrected chi connectivity index (χ3v) is 4.67. The highest BCUT2D eigenvalue weighted by molar-refractivity contribution is 9.10. The van der Waals surface area contributed by atoms with Crippen LogP contribution in [0.25, 0.3) is 0 Å². The summed E-state index contributed by atoms with van der Waals surface area (Å²) in [7, 11) is -4.70. The van der Waals surface area contributed by atoms with Gasteiger partial charge in [-0.25, -0.2) is 0 Å². The number of amides is 1. The quantitative estimate of drug-likeness (QED) is 0.765. The summed E-state index contributed by atoms with van der Waals surface area (Å²) < 4.78 is 35.1. The van der Waals surface area contributed by atoms with Gasteiger partial charge in [0, 0.05) is 22.5 Å². The Kier molecular flexibility index (Phi) is 3.66. The third kappa shape index (κ3) is 2.67. The first-order valence-corrected chi connectivity index (χ1v) is 7.59. The standard InChI is InChI=1S/C10H8BrClFNO3S/c11-8-3-6(12)1-2-9(8)14-5-7(4-10(14)15)18(13,16)17/h1-3,7H,4-5H2. The van der Waals surface area contributed by atoms with Crippen LogP contribution >= 0.6 is 27.5 Å². The normalized spacial score (nSPS) is 20.5. The van der Waals surface area contributed by atoms with Crippen LogP contribution in [-0.4, -0.2) is 26.1 Å². The molecule has 1 heterocycles. The number of carbonyl (C=O) groups is 1. The van der Waals surface area contributed by atoms with Gasteiger partial charge in [-0.3, -0.25) is 4.79 Å². The lowest BCUT2D eigenvalue weighted by molar-refractivity contribution is -0.117. The van der Waals surface area contributed by atoms with Crippen LogP contribution in [0.4, 0.5) is 9.57 Å². The van der Waals surface area contributed by atoms with E-state index in [0.717, 1.165) is 0 Å². The Bertz CT molecular complexity index is 607. The minimum absolute atomic E-state index is 0.183. The summed E-state index contributed by atoms with van der Waals surface area (Å²) >= 11 is 9.01. The number of halogens is 3. The van der Waals surface area contributed by atoms with E-state index < -0.39 is 21.4 Å². The first-order valence-electron chi connectivity index (χ1n) is 4.98. The molecule has 8 heteroatoms. The Labute approximate surface area is 117 Å². The van der Waals surface area contributed by atoms with Crippen molar-refractivity contribution in [3.8, 4) is 0 Å². The van der Waals surface area contributed by atoms with E-state index in [9.17, 15) is 17.1 Å². The topological polar surface area (TPSA) is 54.5 Å². The minimum atomic E-state index is -4.70. The Hall–Kier alpha value is -0.660. The lowest BCUT2D eigenvalue weighted by Gasteiger charge is -2.17. The van der Waals surface area contributed by atoms with Gasteiger partial charge in [0.15, 0.2) is 0 Å². The maximum Gasteiger partial charge on any atom is 0.307 e. The van der Waals surface area contributed by atoms with Crippen LogP contribution in [0, 0.1) is 0 Å². The molecule has 18 heavy (non-hydrogen) atoms. The lowest BCUT2D eigenvalue weighted by atomic mass is 10.3. The second kappa shape index (κ2) is 4.79. The van der Waals surface area contributed by atoms with E-state index in [-0.39, 0.29) is 13.0 Å². The molecule has 98 valence electrons. The van der Waals surface area contributed by atoms with Gasteiger partial charge < -0.3 is 4.90 Å². The Morgan fingerprint density at radius 1 is 1.44 bits per heavy atom. The molecule has 1 fully saturated rings. The van der Waals surface area contributed by atoms with Crippen molar-refractivity contribution in [2.24, 2.45) is 0 Å². The van der Waals surface area contributed by atoms with E-state index in [1.54, 1.807) is 18.2 Å². The van der Waals surface area contributed by atoms with Crippen molar-refractivity contribution in [2.45, 2.75) is 11.7 Å². The largest absolute Gasteiger partial charge is 0.310 e. The van der Waals surface area contributed by atoms with Gasteiger partial charge in [-0.2, -0.15) is 8.42 Å². The Morgan fingerprint density at radius 2 is 2.11 bits per heavy atom. The Balaban J connectivity index is 2.33. The van der Waals surface area contributed by atoms with Crippen molar-refractivity contribution in [2.75, 3.05) is 11.4 Å². The van der Waals surface area contributed by atoms with Crippen LogP contribution in [0.2, 0.25) is 5.02 Å². The van der Waals surface area contributed by atoms with Crippen LogP contribution in [0.15, 0.2) is 22.7 Å². The van der Waals surface area contributed by atoms with Gasteiger partial charge >= 0.3 is 10.2 Å². The summed E-state index contributed by atoms with van der Waals surface area (Å²) in [6.07, 6.45) is -0.339. The van der Waals surface area contributed by atoms with E-state index in [2.05, 4.69) is 15.9 Å². The highest BCUT2D eigenvalue weighted by atomic mass is 79.9. The molecular weight excluding hydrogens is 349 g/mol. The van der Waals surface area contributed by atoms with Gasteiger partial charge in [0.1, 0.15) is 5.25 Å². The van der Waals surface area contributed by atoms with Crippen molar-refractivity contribution in [1.82, 2.24) is 0 Å². The van der Waals surface area contributed by atoms with Gasteiger partial charge in [0.05, 0.1) is 5.69 Å². The number of rotatable bonds is 2. The molecule has 0 aromatic heterocycles. The molecule has 1 amide bonds. The highest BCUT2D eigenvalue weighted by Gasteiger charge is 2.39. The zero-order valence-corrected chi connectivity index (χ0v) is 12.1. The molecule has 0 bridgehead atoms. The number of anilines is 1. The molecule has 0 aliphatic carbocycles. The summed E-state index contributed by atoms with van der Waals surface area (Å²) in [4.78, 5) is 12.9. The zero-order chi connectivity index (χ0) is 13.5. The SMILES string of the molecule is O=C1CC(S(=O)(=O)F)CN1c1ccc(Cl)cc1Br. The summed E-state index contributed by atoms with van der Waals surface area (Å²) in [6.45, 7) is -0.183. The molecule has 1 aliphatic heterocycles. The molecule has 1 aromatic rings. The molecule has 4 nitrogen and oxygen atoms in total. The second-order valence-electron chi connectivity index (χ2n) is 3.90. The van der Waals surface area contributed by atoms with Crippen molar-refractivity contribution in [3.05, 3.63) is 27.7 Å². The molecule has 1 aromatic carbocycles. The van der Waals surface area contributed by atoms with Crippen molar-refractivity contribution >= 4 is 49.3 Å². The van der Waals surface area contributed by atoms with Crippen molar-refractivity contribution in [1.29, 1.82) is 0 Å². The molecular formula is C10H8BrClFNO3S.